The first-order chi connectivity index (χ1) is 6.16. The van der Waals surface area contributed by atoms with Crippen LogP contribution < -0.4 is 0 Å². The van der Waals surface area contributed by atoms with E-state index in [4.69, 9.17) is 0 Å². The number of aromatic nitrogens is 2. The number of nitro groups is 1. The number of carbonyl (C=O) groups excluding carboxylic acids is 1. The molecule has 1 aromatic rings. The van der Waals surface area contributed by atoms with Crippen LogP contribution in [0.4, 0.5) is 5.82 Å². The SMILES string of the molecule is CCOC(=O)c1nonc1[N+](=O)[O-]. The Labute approximate surface area is 71.6 Å². The van der Waals surface area contributed by atoms with Crippen molar-refractivity contribution in [3.63, 3.8) is 0 Å². The van der Waals surface area contributed by atoms with Gasteiger partial charge in [-0.1, -0.05) is 0 Å². The van der Waals surface area contributed by atoms with E-state index < -0.39 is 22.4 Å². The minimum absolute atomic E-state index is 0.100. The molecule has 1 aromatic heterocycles. The van der Waals surface area contributed by atoms with Gasteiger partial charge in [0.1, 0.15) is 0 Å². The fraction of sp³-hybridized carbons (Fsp3) is 0.400. The van der Waals surface area contributed by atoms with Gasteiger partial charge in [0.05, 0.1) is 6.61 Å². The third kappa shape index (κ3) is 1.78. The lowest BCUT2D eigenvalue weighted by molar-refractivity contribution is -0.391. The molecule has 0 spiro atoms. The molecule has 0 aliphatic rings. The lowest BCUT2D eigenvalue weighted by Crippen LogP contribution is -2.07. The van der Waals surface area contributed by atoms with Crippen molar-refractivity contribution in [3.8, 4) is 0 Å². The van der Waals surface area contributed by atoms with Crippen LogP contribution in [0.3, 0.4) is 0 Å². The highest BCUT2D eigenvalue weighted by Crippen LogP contribution is 2.12. The van der Waals surface area contributed by atoms with E-state index in [0.717, 1.165) is 0 Å². The van der Waals surface area contributed by atoms with Gasteiger partial charge in [-0.3, -0.25) is 0 Å². The van der Waals surface area contributed by atoms with Gasteiger partial charge in [0, 0.05) is 0 Å². The highest BCUT2D eigenvalue weighted by molar-refractivity contribution is 5.90. The second kappa shape index (κ2) is 3.61. The summed E-state index contributed by atoms with van der Waals surface area (Å²) in [4.78, 5) is 20.3. The van der Waals surface area contributed by atoms with Crippen LogP contribution in [0.25, 0.3) is 0 Å². The van der Waals surface area contributed by atoms with Crippen LogP contribution >= 0.6 is 0 Å². The molecule has 13 heavy (non-hydrogen) atoms. The first-order valence-electron chi connectivity index (χ1n) is 3.31. The van der Waals surface area contributed by atoms with E-state index in [9.17, 15) is 14.9 Å². The van der Waals surface area contributed by atoms with Gasteiger partial charge in [0.25, 0.3) is 5.69 Å². The molecule has 1 rings (SSSR count). The molecule has 0 saturated heterocycles. The van der Waals surface area contributed by atoms with E-state index in [2.05, 4.69) is 19.7 Å². The van der Waals surface area contributed by atoms with E-state index in [0.29, 0.717) is 0 Å². The standard InChI is InChI=1S/C5H5N3O5/c1-2-12-5(9)3-4(8(10)11)7-13-6-3/h2H2,1H3. The fourth-order valence-electron chi connectivity index (χ4n) is 0.632. The zero-order valence-electron chi connectivity index (χ0n) is 6.59. The predicted octanol–water partition coefficient (Wildman–Crippen LogP) is 0.154. The number of hydrogen-bond acceptors (Lipinski definition) is 7. The van der Waals surface area contributed by atoms with Crippen molar-refractivity contribution in [2.75, 3.05) is 6.61 Å². The van der Waals surface area contributed by atoms with E-state index in [1.807, 2.05) is 0 Å². The highest BCUT2D eigenvalue weighted by atomic mass is 16.6. The van der Waals surface area contributed by atoms with Crippen LogP contribution in [0.1, 0.15) is 17.4 Å². The summed E-state index contributed by atoms with van der Waals surface area (Å²) >= 11 is 0. The largest absolute Gasteiger partial charge is 0.461 e. The molecule has 0 unspecified atom stereocenters. The number of rotatable bonds is 3. The van der Waals surface area contributed by atoms with Gasteiger partial charge in [-0.05, 0) is 17.0 Å². The molecule has 70 valence electrons. The Kier molecular flexibility index (Phi) is 2.52. The Hall–Kier alpha value is -1.99. The maximum absolute atomic E-state index is 10.9. The van der Waals surface area contributed by atoms with E-state index >= 15 is 0 Å². The molecule has 0 aliphatic heterocycles. The Morgan fingerprint density at radius 1 is 1.69 bits per heavy atom. The van der Waals surface area contributed by atoms with Crippen molar-refractivity contribution in [1.29, 1.82) is 0 Å². The summed E-state index contributed by atoms with van der Waals surface area (Å²) in [6, 6.07) is 0. The Balaban J connectivity index is 2.93. The van der Waals surface area contributed by atoms with Gasteiger partial charge in [0.2, 0.25) is 0 Å². The number of carbonyl (C=O) groups is 1. The van der Waals surface area contributed by atoms with E-state index in [1.54, 1.807) is 6.92 Å². The molecule has 0 atom stereocenters. The second-order valence-electron chi connectivity index (χ2n) is 1.91. The van der Waals surface area contributed by atoms with Crippen LogP contribution in [0, 0.1) is 10.1 Å². The summed E-state index contributed by atoms with van der Waals surface area (Å²) in [5.74, 6) is -1.66. The average molecular weight is 187 g/mol. The zero-order chi connectivity index (χ0) is 9.84. The van der Waals surface area contributed by atoms with Gasteiger partial charge in [0.15, 0.2) is 5.16 Å². The van der Waals surface area contributed by atoms with Gasteiger partial charge < -0.3 is 14.9 Å². The Bertz CT molecular complexity index is 333. The molecule has 0 fully saturated rings. The molecular formula is C5H5N3O5. The number of nitrogens with zero attached hydrogens (tertiary/aromatic N) is 3. The third-order valence-corrected chi connectivity index (χ3v) is 1.11. The lowest BCUT2D eigenvalue weighted by atomic mass is 10.4. The van der Waals surface area contributed by atoms with Gasteiger partial charge >= 0.3 is 11.8 Å². The maximum atomic E-state index is 10.9. The molecule has 0 bridgehead atoms. The van der Waals surface area contributed by atoms with Gasteiger partial charge in [-0.15, -0.1) is 4.63 Å². The molecule has 0 N–H and O–H groups in total. The summed E-state index contributed by atoms with van der Waals surface area (Å²) in [6.45, 7) is 1.67. The molecule has 0 aliphatic carbocycles. The smallest absolute Gasteiger partial charge is 0.449 e. The van der Waals surface area contributed by atoms with Crippen molar-refractivity contribution < 1.29 is 19.1 Å². The second-order valence-corrected chi connectivity index (χ2v) is 1.91. The van der Waals surface area contributed by atoms with Gasteiger partial charge in [-0.2, -0.15) is 0 Å². The fourth-order valence-corrected chi connectivity index (χ4v) is 0.632. The monoisotopic (exact) mass is 187 g/mol. The third-order valence-electron chi connectivity index (χ3n) is 1.11. The average Bonchev–Trinajstić information content (AvgIpc) is 2.52. The molecule has 8 nitrogen and oxygen atoms in total. The van der Waals surface area contributed by atoms with Crippen molar-refractivity contribution in [2.24, 2.45) is 0 Å². The summed E-state index contributed by atoms with van der Waals surface area (Å²) in [7, 11) is 0. The molecule has 0 radical (unpaired) electrons. The lowest BCUT2D eigenvalue weighted by Gasteiger charge is -1.94. The van der Waals surface area contributed by atoms with Crippen molar-refractivity contribution in [3.05, 3.63) is 15.8 Å². The number of ether oxygens (including phenoxy) is 1. The van der Waals surface area contributed by atoms with Crippen molar-refractivity contribution in [2.45, 2.75) is 6.92 Å². The van der Waals surface area contributed by atoms with E-state index in [-0.39, 0.29) is 6.61 Å². The number of esters is 1. The first-order valence-corrected chi connectivity index (χ1v) is 3.31. The number of hydrogen-bond donors (Lipinski definition) is 0. The molecule has 0 amide bonds. The maximum Gasteiger partial charge on any atom is 0.449 e. The minimum Gasteiger partial charge on any atom is -0.461 e. The van der Waals surface area contributed by atoms with Crippen LogP contribution in [0.5, 0.6) is 0 Å². The van der Waals surface area contributed by atoms with Crippen LogP contribution in [0.15, 0.2) is 4.63 Å². The van der Waals surface area contributed by atoms with E-state index in [1.165, 1.54) is 0 Å². The quantitative estimate of drug-likeness (QED) is 0.376. The van der Waals surface area contributed by atoms with Crippen molar-refractivity contribution >= 4 is 11.8 Å². The van der Waals surface area contributed by atoms with Crippen LogP contribution in [-0.4, -0.2) is 27.8 Å². The minimum atomic E-state index is -0.921. The Morgan fingerprint density at radius 3 is 2.92 bits per heavy atom. The zero-order valence-corrected chi connectivity index (χ0v) is 6.59. The summed E-state index contributed by atoms with van der Waals surface area (Å²) in [5, 5.41) is 16.2. The molecular weight excluding hydrogens is 182 g/mol. The highest BCUT2D eigenvalue weighted by Gasteiger charge is 2.29. The van der Waals surface area contributed by atoms with Crippen molar-refractivity contribution in [1.82, 2.24) is 10.3 Å². The first kappa shape index (κ1) is 9.10. The summed E-state index contributed by atoms with van der Waals surface area (Å²) in [6.07, 6.45) is 0. The molecule has 0 saturated carbocycles. The Morgan fingerprint density at radius 2 is 2.38 bits per heavy atom. The molecule has 1 heterocycles. The molecule has 8 heteroatoms. The predicted molar refractivity (Wildman–Crippen MR) is 36.9 cm³/mol. The topological polar surface area (TPSA) is 108 Å². The summed E-state index contributed by atoms with van der Waals surface area (Å²) < 4.78 is 8.50. The van der Waals surface area contributed by atoms with Crippen LogP contribution in [-0.2, 0) is 4.74 Å². The van der Waals surface area contributed by atoms with Crippen LogP contribution in [0.2, 0.25) is 0 Å². The van der Waals surface area contributed by atoms with Gasteiger partial charge in [-0.25, -0.2) is 4.79 Å². The normalized spacial score (nSPS) is 9.62. The molecule has 0 aromatic carbocycles. The summed E-state index contributed by atoms with van der Waals surface area (Å²) in [5.41, 5.74) is -0.521.